The molecule has 0 radical (unpaired) electrons. The monoisotopic (exact) mass is 480 g/mol. The molecule has 1 heterocycles. The third-order valence-electron chi connectivity index (χ3n) is 4.29. The molecule has 31 heavy (non-hydrogen) atoms. The highest BCUT2D eigenvalue weighted by Crippen LogP contribution is 2.32. The van der Waals surface area contributed by atoms with Crippen LogP contribution in [0.4, 0.5) is 5.69 Å². The number of aryl methyl sites for hydroxylation is 1. The fraction of sp³-hybridized carbons (Fsp3) is 0.158. The van der Waals surface area contributed by atoms with Gasteiger partial charge in [0.2, 0.25) is 0 Å². The van der Waals surface area contributed by atoms with Gasteiger partial charge < -0.3 is 9.92 Å². The van der Waals surface area contributed by atoms with Crippen molar-refractivity contribution in [3.63, 3.8) is 0 Å². The Morgan fingerprint density at radius 3 is 2.55 bits per heavy atom. The van der Waals surface area contributed by atoms with E-state index < -0.39 is 15.0 Å². The summed E-state index contributed by atoms with van der Waals surface area (Å²) in [6.07, 6.45) is 1.66. The molecule has 3 N–H and O–H groups in total. The van der Waals surface area contributed by atoms with Gasteiger partial charge in [0.1, 0.15) is 15.0 Å². The molecule has 9 nitrogen and oxygen atoms in total. The van der Waals surface area contributed by atoms with Gasteiger partial charge in [0.05, 0.1) is 22.9 Å². The molecule has 1 amide bonds. The number of nitro groups is 1. The number of carbonyl (C=O) groups is 1. The average Bonchev–Trinajstić information content (AvgIpc) is 2.97. The predicted molar refractivity (Wildman–Crippen MR) is 120 cm³/mol. The summed E-state index contributed by atoms with van der Waals surface area (Å²) in [5, 5.41) is 11.0. The second kappa shape index (κ2) is 9.14. The van der Waals surface area contributed by atoms with Gasteiger partial charge in [-0.15, -0.1) is 0 Å². The Morgan fingerprint density at radius 1 is 1.26 bits per heavy atom. The van der Waals surface area contributed by atoms with Crippen molar-refractivity contribution in [2.45, 2.75) is 11.8 Å². The lowest BCUT2D eigenvalue weighted by Crippen LogP contribution is -2.55. The Kier molecular flexibility index (Phi) is 6.74. The third-order valence-corrected chi connectivity index (χ3v) is 7.06. The van der Waals surface area contributed by atoms with Crippen molar-refractivity contribution in [3.8, 4) is 5.75 Å². The molecular weight excluding hydrogens is 462 g/mol. The zero-order chi connectivity index (χ0) is 22.8. The van der Waals surface area contributed by atoms with Crippen molar-refractivity contribution in [1.29, 1.82) is 0 Å². The van der Waals surface area contributed by atoms with Crippen LogP contribution in [-0.4, -0.2) is 41.6 Å². The molecule has 0 atom stereocenters. The lowest BCUT2D eigenvalue weighted by atomic mass is 10.2. The standard InChI is InChI=1S/C19H17N3O6S3/c1-12-2-5-14(22(24)25)11-17(12)31(26,27)28-15-6-3-13(4-7-15)10-16-18(23)21(9-8-20)19(29)30-16/h2-7,10-11H,8-9,20H2,1H3/p+1/b16-10-. The highest BCUT2D eigenvalue weighted by molar-refractivity contribution is 8.26. The van der Waals surface area contributed by atoms with Gasteiger partial charge in [-0.2, -0.15) is 8.42 Å². The second-order valence-electron chi connectivity index (χ2n) is 6.50. The van der Waals surface area contributed by atoms with Crippen LogP contribution < -0.4 is 9.92 Å². The molecular formula is C19H18N3O6S3+. The Hall–Kier alpha value is -2.80. The highest BCUT2D eigenvalue weighted by Gasteiger charge is 2.31. The van der Waals surface area contributed by atoms with Crippen molar-refractivity contribution in [2.24, 2.45) is 0 Å². The van der Waals surface area contributed by atoms with E-state index in [1.165, 1.54) is 47.9 Å². The van der Waals surface area contributed by atoms with Crippen LogP contribution in [0.3, 0.4) is 0 Å². The van der Waals surface area contributed by atoms with Crippen molar-refractivity contribution in [1.82, 2.24) is 4.90 Å². The maximum absolute atomic E-state index is 12.6. The highest BCUT2D eigenvalue weighted by atomic mass is 32.2. The summed E-state index contributed by atoms with van der Waals surface area (Å²) < 4.78 is 30.8. The maximum atomic E-state index is 12.6. The summed E-state index contributed by atoms with van der Waals surface area (Å²) >= 11 is 6.40. The fourth-order valence-corrected chi connectivity index (χ4v) is 5.26. The number of carbonyl (C=O) groups excluding carboxylic acids is 1. The quantitative estimate of drug-likeness (QED) is 0.209. The van der Waals surface area contributed by atoms with Gasteiger partial charge in [-0.25, -0.2) is 0 Å². The van der Waals surface area contributed by atoms with E-state index in [9.17, 15) is 23.3 Å². The summed E-state index contributed by atoms with van der Waals surface area (Å²) in [6, 6.07) is 9.61. The van der Waals surface area contributed by atoms with E-state index in [2.05, 4.69) is 5.73 Å². The molecule has 1 fully saturated rings. The van der Waals surface area contributed by atoms with E-state index in [1.54, 1.807) is 18.2 Å². The van der Waals surface area contributed by atoms with Crippen LogP contribution in [0.1, 0.15) is 11.1 Å². The van der Waals surface area contributed by atoms with Gasteiger partial charge in [0, 0.05) is 12.1 Å². The molecule has 1 saturated heterocycles. The number of hydrogen-bond donors (Lipinski definition) is 1. The number of rotatable bonds is 7. The van der Waals surface area contributed by atoms with Crippen molar-refractivity contribution in [2.75, 3.05) is 13.1 Å². The number of non-ortho nitro benzene ring substituents is 1. The minimum Gasteiger partial charge on any atom is -0.379 e. The van der Waals surface area contributed by atoms with Crippen LogP contribution in [-0.2, 0) is 14.9 Å². The lowest BCUT2D eigenvalue weighted by molar-refractivity contribution is -0.385. The minimum absolute atomic E-state index is 0.0349. The molecule has 0 aliphatic carbocycles. The van der Waals surface area contributed by atoms with Crippen LogP contribution in [0.25, 0.3) is 6.08 Å². The van der Waals surface area contributed by atoms with E-state index in [0.717, 1.165) is 6.07 Å². The number of hydrogen-bond acceptors (Lipinski definition) is 8. The Balaban J connectivity index is 1.80. The van der Waals surface area contributed by atoms with Crippen LogP contribution in [0.5, 0.6) is 5.75 Å². The maximum Gasteiger partial charge on any atom is 0.339 e. The molecule has 0 unspecified atom stereocenters. The van der Waals surface area contributed by atoms with Crippen LogP contribution in [0, 0.1) is 17.0 Å². The molecule has 1 aliphatic rings. The normalized spacial score (nSPS) is 15.5. The fourth-order valence-electron chi connectivity index (χ4n) is 2.77. The largest absolute Gasteiger partial charge is 0.379 e. The smallest absolute Gasteiger partial charge is 0.339 e. The number of nitro benzene ring substituents is 1. The first kappa shape index (κ1) is 22.9. The van der Waals surface area contributed by atoms with Crippen LogP contribution in [0.2, 0.25) is 0 Å². The first-order valence-electron chi connectivity index (χ1n) is 8.96. The zero-order valence-corrected chi connectivity index (χ0v) is 18.8. The van der Waals surface area contributed by atoms with Crippen molar-refractivity contribution >= 4 is 56.1 Å². The molecule has 1 aliphatic heterocycles. The molecule has 0 aromatic heterocycles. The number of thiocarbonyl (C=S) groups is 1. The molecule has 162 valence electrons. The number of quaternary nitrogens is 1. The van der Waals surface area contributed by atoms with Gasteiger partial charge in [0.25, 0.3) is 11.6 Å². The summed E-state index contributed by atoms with van der Waals surface area (Å²) in [7, 11) is -4.27. The Bertz CT molecular complexity index is 1190. The van der Waals surface area contributed by atoms with Gasteiger partial charge in [-0.3, -0.25) is 19.8 Å². The molecule has 0 saturated carbocycles. The summed E-state index contributed by atoms with van der Waals surface area (Å²) in [4.78, 5) is 24.4. The first-order valence-corrected chi connectivity index (χ1v) is 11.6. The van der Waals surface area contributed by atoms with Gasteiger partial charge in [-0.05, 0) is 36.3 Å². The molecule has 12 heteroatoms. The predicted octanol–water partition coefficient (Wildman–Crippen LogP) is 2.11. The van der Waals surface area contributed by atoms with Gasteiger partial charge in [0.15, 0.2) is 0 Å². The average molecular weight is 481 g/mol. The summed E-state index contributed by atoms with van der Waals surface area (Å²) in [5.74, 6) is -0.157. The summed E-state index contributed by atoms with van der Waals surface area (Å²) in [6.45, 7) is 2.52. The molecule has 3 rings (SSSR count). The Labute approximate surface area is 188 Å². The minimum atomic E-state index is -4.27. The molecule has 2 aromatic rings. The zero-order valence-electron chi connectivity index (χ0n) is 16.3. The number of thioether (sulfide) groups is 1. The summed E-state index contributed by atoms with van der Waals surface area (Å²) in [5.41, 5.74) is 4.36. The topological polar surface area (TPSA) is 134 Å². The SMILES string of the molecule is Cc1ccc([N+](=O)[O-])cc1S(=O)(=O)Oc1ccc(/C=C2\SC(=S)N(CC[NH3+])C2=O)cc1. The van der Waals surface area contributed by atoms with E-state index in [1.807, 2.05) is 0 Å². The van der Waals surface area contributed by atoms with Crippen LogP contribution >= 0.6 is 24.0 Å². The molecule has 0 spiro atoms. The Morgan fingerprint density at radius 2 is 1.94 bits per heavy atom. The third kappa shape index (κ3) is 5.10. The van der Waals surface area contributed by atoms with E-state index in [-0.39, 0.29) is 22.2 Å². The van der Waals surface area contributed by atoms with Gasteiger partial charge >= 0.3 is 10.1 Å². The number of nitrogens with zero attached hydrogens (tertiary/aromatic N) is 2. The van der Waals surface area contributed by atoms with Crippen LogP contribution in [0.15, 0.2) is 52.3 Å². The van der Waals surface area contributed by atoms with Crippen molar-refractivity contribution < 1.29 is 28.1 Å². The van der Waals surface area contributed by atoms with Gasteiger partial charge in [-0.1, -0.05) is 42.2 Å². The van der Waals surface area contributed by atoms with Crippen molar-refractivity contribution in [3.05, 3.63) is 68.6 Å². The van der Waals surface area contributed by atoms with E-state index >= 15 is 0 Å². The lowest BCUT2D eigenvalue weighted by Gasteiger charge is -2.10. The molecule has 0 bridgehead atoms. The second-order valence-corrected chi connectivity index (χ2v) is 9.69. The first-order chi connectivity index (χ1) is 14.6. The number of amides is 1. The number of benzene rings is 2. The molecule has 2 aromatic carbocycles. The van der Waals surface area contributed by atoms with E-state index in [4.69, 9.17) is 16.4 Å². The van der Waals surface area contributed by atoms with E-state index in [0.29, 0.717) is 33.4 Å².